The number of carbonyl (C=O) groups is 2. The predicted octanol–water partition coefficient (Wildman–Crippen LogP) is 3.95. The number of benzene rings is 1. The minimum Gasteiger partial charge on any atom is -0.466 e. The van der Waals surface area contributed by atoms with Gasteiger partial charge >= 0.3 is 5.97 Å². The van der Waals surface area contributed by atoms with E-state index in [2.05, 4.69) is 20.4 Å². The molecule has 0 spiro atoms. The monoisotopic (exact) mass is 457 g/mol. The molecule has 0 aliphatic carbocycles. The zero-order chi connectivity index (χ0) is 21.8. The fourth-order valence-electron chi connectivity index (χ4n) is 2.69. The summed E-state index contributed by atoms with van der Waals surface area (Å²) in [6.07, 6.45) is 0.0280. The van der Waals surface area contributed by atoms with Crippen LogP contribution >= 0.6 is 22.7 Å². The van der Waals surface area contributed by atoms with E-state index in [-0.39, 0.29) is 24.0 Å². The van der Waals surface area contributed by atoms with Crippen LogP contribution in [0, 0.1) is 5.82 Å². The first kappa shape index (κ1) is 20.8. The Morgan fingerprint density at radius 3 is 2.68 bits per heavy atom. The van der Waals surface area contributed by atoms with Gasteiger partial charge in [-0.1, -0.05) is 6.07 Å². The lowest BCUT2D eigenvalue weighted by Crippen LogP contribution is -2.14. The lowest BCUT2D eigenvalue weighted by atomic mass is 10.3. The highest BCUT2D eigenvalue weighted by Crippen LogP contribution is 2.26. The quantitative estimate of drug-likeness (QED) is 0.422. The lowest BCUT2D eigenvalue weighted by Gasteiger charge is -2.03. The first-order chi connectivity index (χ1) is 15.0. The van der Waals surface area contributed by atoms with Gasteiger partial charge in [0, 0.05) is 5.38 Å². The summed E-state index contributed by atoms with van der Waals surface area (Å²) >= 11 is 2.63. The Morgan fingerprint density at radius 1 is 1.16 bits per heavy atom. The maximum absolute atomic E-state index is 13.3. The largest absolute Gasteiger partial charge is 0.466 e. The number of anilines is 1. The third kappa shape index (κ3) is 4.84. The number of carbonyl (C=O) groups excluding carboxylic acids is 2. The van der Waals surface area contributed by atoms with Crippen LogP contribution in [0.4, 0.5) is 9.52 Å². The summed E-state index contributed by atoms with van der Waals surface area (Å²) in [6, 6.07) is 9.48. The number of rotatable bonds is 7. The third-order valence-electron chi connectivity index (χ3n) is 4.03. The highest BCUT2D eigenvalue weighted by Gasteiger charge is 2.20. The summed E-state index contributed by atoms with van der Waals surface area (Å²) in [5.74, 6) is -0.896. The van der Waals surface area contributed by atoms with Gasteiger partial charge in [-0.15, -0.1) is 27.8 Å². The fraction of sp³-hybridized carbons (Fsp3) is 0.150. The van der Waals surface area contributed by atoms with Crippen molar-refractivity contribution in [3.63, 3.8) is 0 Å². The average molecular weight is 458 g/mol. The van der Waals surface area contributed by atoms with Crippen molar-refractivity contribution in [2.75, 3.05) is 11.9 Å². The number of ether oxygens (including phenoxy) is 1. The van der Waals surface area contributed by atoms with Gasteiger partial charge in [-0.05, 0) is 42.6 Å². The van der Waals surface area contributed by atoms with Crippen molar-refractivity contribution in [2.24, 2.45) is 0 Å². The number of thiophene rings is 1. The molecule has 4 aromatic rings. The Labute approximate surface area is 184 Å². The van der Waals surface area contributed by atoms with Crippen LogP contribution in [0.15, 0.2) is 47.2 Å². The van der Waals surface area contributed by atoms with Crippen molar-refractivity contribution < 1.29 is 18.7 Å². The molecule has 0 radical (unpaired) electrons. The maximum atomic E-state index is 13.3. The van der Waals surface area contributed by atoms with Gasteiger partial charge in [0.05, 0.1) is 29.3 Å². The molecule has 0 saturated heterocycles. The number of nitrogens with zero attached hydrogens (tertiary/aromatic N) is 4. The smallest absolute Gasteiger partial charge is 0.311 e. The van der Waals surface area contributed by atoms with Crippen molar-refractivity contribution in [3.05, 3.63) is 64.5 Å². The predicted molar refractivity (Wildman–Crippen MR) is 115 cm³/mol. The van der Waals surface area contributed by atoms with E-state index >= 15 is 0 Å². The molecule has 0 saturated carbocycles. The third-order valence-corrected chi connectivity index (χ3v) is 5.70. The second kappa shape index (κ2) is 9.14. The second-order valence-electron chi connectivity index (χ2n) is 6.20. The summed E-state index contributed by atoms with van der Waals surface area (Å²) < 4.78 is 19.7. The number of hydrogen-bond acceptors (Lipinski definition) is 8. The number of hydrogen-bond donors (Lipinski definition) is 1. The van der Waals surface area contributed by atoms with Crippen molar-refractivity contribution in [1.29, 1.82) is 0 Å². The highest BCUT2D eigenvalue weighted by molar-refractivity contribution is 7.14. The number of amides is 1. The molecule has 4 rings (SSSR count). The number of thiazole rings is 1. The highest BCUT2D eigenvalue weighted by atomic mass is 32.1. The van der Waals surface area contributed by atoms with E-state index in [4.69, 9.17) is 4.74 Å². The van der Waals surface area contributed by atoms with E-state index in [1.807, 2.05) is 17.5 Å². The standard InChI is InChI=1S/C20H16FN5O3S2/c1-2-29-16(27)10-13-11-31-20(22-13)24-19(28)17-23-18(15-4-3-9-30-15)26(25-17)14-7-5-12(21)6-8-14/h3-9,11H,2,10H2,1H3,(H,22,24,28). The molecule has 0 fully saturated rings. The van der Waals surface area contributed by atoms with Gasteiger partial charge in [-0.2, -0.15) is 0 Å². The molecule has 0 aliphatic rings. The van der Waals surface area contributed by atoms with Crippen molar-refractivity contribution >= 4 is 39.7 Å². The van der Waals surface area contributed by atoms with Crippen LogP contribution in [0.2, 0.25) is 0 Å². The Hall–Kier alpha value is -3.44. The van der Waals surface area contributed by atoms with E-state index in [1.165, 1.54) is 39.5 Å². The molecular formula is C20H16FN5O3S2. The van der Waals surface area contributed by atoms with Gasteiger partial charge in [0.15, 0.2) is 11.0 Å². The van der Waals surface area contributed by atoms with Crippen LogP contribution in [0.3, 0.4) is 0 Å². The first-order valence-corrected chi connectivity index (χ1v) is 11.0. The van der Waals surface area contributed by atoms with Crippen LogP contribution in [-0.2, 0) is 16.0 Å². The van der Waals surface area contributed by atoms with Crippen molar-refractivity contribution in [2.45, 2.75) is 13.3 Å². The molecule has 1 N–H and O–H groups in total. The minimum atomic E-state index is -0.546. The minimum absolute atomic E-state index is 0.0280. The Morgan fingerprint density at radius 2 is 1.97 bits per heavy atom. The van der Waals surface area contributed by atoms with Gasteiger partial charge in [0.2, 0.25) is 5.82 Å². The van der Waals surface area contributed by atoms with E-state index in [0.717, 1.165) is 4.88 Å². The molecule has 3 aromatic heterocycles. The van der Waals surface area contributed by atoms with Crippen LogP contribution in [0.5, 0.6) is 0 Å². The van der Waals surface area contributed by atoms with Gasteiger partial charge < -0.3 is 4.74 Å². The number of halogens is 1. The summed E-state index contributed by atoms with van der Waals surface area (Å²) in [6.45, 7) is 2.02. The molecule has 11 heteroatoms. The average Bonchev–Trinajstić information content (AvgIpc) is 3.49. The molecule has 0 bridgehead atoms. The summed E-state index contributed by atoms with van der Waals surface area (Å²) in [4.78, 5) is 33.7. The molecule has 0 aliphatic heterocycles. The van der Waals surface area contributed by atoms with Crippen molar-refractivity contribution in [3.8, 4) is 16.4 Å². The van der Waals surface area contributed by atoms with Crippen LogP contribution < -0.4 is 5.32 Å². The van der Waals surface area contributed by atoms with E-state index in [1.54, 1.807) is 24.4 Å². The fourth-order valence-corrected chi connectivity index (χ4v) is 4.10. The van der Waals surface area contributed by atoms with E-state index < -0.39 is 5.91 Å². The maximum Gasteiger partial charge on any atom is 0.311 e. The molecule has 1 amide bonds. The molecule has 0 unspecified atom stereocenters. The van der Waals surface area contributed by atoms with Crippen LogP contribution in [-0.4, -0.2) is 38.2 Å². The van der Waals surface area contributed by atoms with Gasteiger partial charge in [0.1, 0.15) is 5.82 Å². The SMILES string of the molecule is CCOC(=O)Cc1csc(NC(=O)c2nc(-c3cccs3)n(-c3ccc(F)cc3)n2)n1. The topological polar surface area (TPSA) is 99.0 Å². The molecule has 3 heterocycles. The Balaban J connectivity index is 1.57. The molecule has 158 valence electrons. The second-order valence-corrected chi connectivity index (χ2v) is 8.01. The van der Waals surface area contributed by atoms with E-state index in [0.29, 0.717) is 28.9 Å². The number of aromatic nitrogens is 4. The van der Waals surface area contributed by atoms with E-state index in [9.17, 15) is 14.0 Å². The molecule has 0 atom stereocenters. The Bertz CT molecular complexity index is 1200. The summed E-state index contributed by atoms with van der Waals surface area (Å²) in [7, 11) is 0. The molecule has 8 nitrogen and oxygen atoms in total. The normalized spacial score (nSPS) is 10.8. The number of esters is 1. The Kier molecular flexibility index (Phi) is 6.14. The zero-order valence-electron chi connectivity index (χ0n) is 16.2. The first-order valence-electron chi connectivity index (χ1n) is 9.21. The van der Waals surface area contributed by atoms with Gasteiger partial charge in [-0.25, -0.2) is 19.0 Å². The lowest BCUT2D eigenvalue weighted by molar-refractivity contribution is -0.142. The molecule has 1 aromatic carbocycles. The molecular weight excluding hydrogens is 441 g/mol. The summed E-state index contributed by atoms with van der Waals surface area (Å²) in [5, 5.41) is 10.9. The number of nitrogens with one attached hydrogen (secondary N) is 1. The molecule has 31 heavy (non-hydrogen) atoms. The van der Waals surface area contributed by atoms with Crippen molar-refractivity contribution in [1.82, 2.24) is 19.7 Å². The zero-order valence-corrected chi connectivity index (χ0v) is 17.9. The summed E-state index contributed by atoms with van der Waals surface area (Å²) in [5.41, 5.74) is 1.07. The van der Waals surface area contributed by atoms with Gasteiger partial charge in [0.25, 0.3) is 5.91 Å². The van der Waals surface area contributed by atoms with Crippen LogP contribution in [0.25, 0.3) is 16.4 Å². The van der Waals surface area contributed by atoms with Gasteiger partial charge in [-0.3, -0.25) is 14.9 Å². The van der Waals surface area contributed by atoms with Crippen LogP contribution in [0.1, 0.15) is 23.2 Å².